The first kappa shape index (κ1) is 25.9. The van der Waals surface area contributed by atoms with Gasteiger partial charge in [-0.15, -0.1) is 0 Å². The molecule has 0 spiro atoms. The van der Waals surface area contributed by atoms with Gasteiger partial charge in [0.05, 0.1) is 22.7 Å². The van der Waals surface area contributed by atoms with Gasteiger partial charge in [0.25, 0.3) is 15.9 Å². The van der Waals surface area contributed by atoms with Gasteiger partial charge in [-0.05, 0) is 55.2 Å². The minimum Gasteiger partial charge on any atom is -0.267 e. The molecule has 0 atom stereocenters. The molecule has 0 saturated carbocycles. The average molecular weight is 512 g/mol. The lowest BCUT2D eigenvalue weighted by molar-refractivity contribution is 0.0955. The number of nitrogens with zero attached hydrogens (tertiary/aromatic N) is 2. The Morgan fingerprint density at radius 2 is 1.30 bits per heavy atom. The topological polar surface area (TPSA) is 78.8 Å². The average Bonchev–Trinajstić information content (AvgIpc) is 2.95. The van der Waals surface area contributed by atoms with E-state index in [1.807, 2.05) is 55.5 Å². The number of benzene rings is 4. The summed E-state index contributed by atoms with van der Waals surface area (Å²) in [6.45, 7) is 1.93. The first-order valence-corrected chi connectivity index (χ1v) is 13.5. The number of hydrogen-bond donors (Lipinski definition) is 1. The van der Waals surface area contributed by atoms with Crippen LogP contribution in [0.4, 0.5) is 5.69 Å². The quantitative estimate of drug-likeness (QED) is 0.215. The maximum absolute atomic E-state index is 13.8. The second-order valence-electron chi connectivity index (χ2n) is 8.60. The fraction of sp³-hybridized carbons (Fsp3) is 0.133. The maximum atomic E-state index is 13.8. The molecule has 0 unspecified atom stereocenters. The Morgan fingerprint density at radius 3 is 1.95 bits per heavy atom. The van der Waals surface area contributed by atoms with Crippen LogP contribution in [0.25, 0.3) is 0 Å². The highest BCUT2D eigenvalue weighted by molar-refractivity contribution is 7.92. The largest absolute Gasteiger partial charge is 0.273 e. The zero-order valence-corrected chi connectivity index (χ0v) is 21.4. The molecule has 0 saturated heterocycles. The molecular formula is C30H29N3O3S. The van der Waals surface area contributed by atoms with Crippen molar-refractivity contribution >= 4 is 27.3 Å². The zero-order chi connectivity index (χ0) is 26.1. The molecule has 6 nitrogen and oxygen atoms in total. The lowest BCUT2D eigenvalue weighted by atomic mass is 10.1. The van der Waals surface area contributed by atoms with Gasteiger partial charge in [0.2, 0.25) is 0 Å². The van der Waals surface area contributed by atoms with Crippen LogP contribution < -0.4 is 9.73 Å². The molecule has 188 valence electrons. The van der Waals surface area contributed by atoms with Gasteiger partial charge in [0.1, 0.15) is 0 Å². The smallest absolute Gasteiger partial charge is 0.267 e. The number of rotatable bonds is 10. The highest BCUT2D eigenvalue weighted by Gasteiger charge is 2.28. The van der Waals surface area contributed by atoms with E-state index in [0.29, 0.717) is 6.42 Å². The maximum Gasteiger partial charge on any atom is 0.273 e. The number of hydrogen-bond acceptors (Lipinski definition) is 4. The minimum absolute atomic E-state index is 0.0712. The molecule has 4 aromatic carbocycles. The van der Waals surface area contributed by atoms with Crippen molar-refractivity contribution in [2.24, 2.45) is 5.10 Å². The molecule has 7 heteroatoms. The minimum atomic E-state index is -3.96. The number of amides is 1. The van der Waals surface area contributed by atoms with E-state index in [1.165, 1.54) is 9.87 Å². The van der Waals surface area contributed by atoms with Crippen LogP contribution in [0, 0.1) is 0 Å². The number of nitrogens with one attached hydrogen (secondary N) is 1. The number of carbonyl (C=O) groups excluding carboxylic acids is 1. The van der Waals surface area contributed by atoms with E-state index in [4.69, 9.17) is 0 Å². The predicted octanol–water partition coefficient (Wildman–Crippen LogP) is 5.82. The van der Waals surface area contributed by atoms with Gasteiger partial charge in [-0.1, -0.05) is 91.0 Å². The predicted molar refractivity (Wildman–Crippen MR) is 148 cm³/mol. The van der Waals surface area contributed by atoms with Gasteiger partial charge >= 0.3 is 0 Å². The molecule has 4 aromatic rings. The third kappa shape index (κ3) is 6.71. The first-order chi connectivity index (χ1) is 17.9. The van der Waals surface area contributed by atoms with E-state index in [1.54, 1.807) is 54.6 Å². The summed E-state index contributed by atoms with van der Waals surface area (Å²) in [5, 5.41) is 4.27. The van der Waals surface area contributed by atoms with Crippen LogP contribution >= 0.6 is 0 Å². The molecular weight excluding hydrogens is 482 g/mol. The van der Waals surface area contributed by atoms with Crippen molar-refractivity contribution in [2.75, 3.05) is 4.31 Å². The van der Waals surface area contributed by atoms with Crippen molar-refractivity contribution in [2.45, 2.75) is 31.2 Å². The Balaban J connectivity index is 1.61. The van der Waals surface area contributed by atoms with E-state index in [-0.39, 0.29) is 22.7 Å². The van der Waals surface area contributed by atoms with Gasteiger partial charge < -0.3 is 0 Å². The summed E-state index contributed by atoms with van der Waals surface area (Å²) in [6.07, 6.45) is 1.50. The third-order valence-corrected chi connectivity index (χ3v) is 7.66. The van der Waals surface area contributed by atoms with Crippen LogP contribution in [0.1, 0.15) is 34.8 Å². The standard InChI is InChI=1S/C30H29N3O3S/c1-24(21-22-25-13-5-2-6-14-25)31-32-30(34)28-19-11-12-20-29(28)33(23-26-15-7-3-8-16-26)37(35,36)27-17-9-4-10-18-27/h2-20H,21-23H2,1H3,(H,32,34)/b31-24-. The monoisotopic (exact) mass is 511 g/mol. The molecule has 0 heterocycles. The molecule has 37 heavy (non-hydrogen) atoms. The van der Waals surface area contributed by atoms with Crippen LogP contribution in [-0.4, -0.2) is 20.0 Å². The SMILES string of the molecule is C/C(CCc1ccccc1)=N/NC(=O)c1ccccc1N(Cc1ccccc1)S(=O)(=O)c1ccccc1. The van der Waals surface area contributed by atoms with Gasteiger partial charge in [-0.25, -0.2) is 13.8 Å². The lowest BCUT2D eigenvalue weighted by Gasteiger charge is -2.26. The van der Waals surface area contributed by atoms with Gasteiger partial charge in [0.15, 0.2) is 0 Å². The van der Waals surface area contributed by atoms with E-state index in [2.05, 4.69) is 22.7 Å². The van der Waals surface area contributed by atoms with Gasteiger partial charge in [-0.2, -0.15) is 5.10 Å². The molecule has 0 aliphatic carbocycles. The van der Waals surface area contributed by atoms with E-state index >= 15 is 0 Å². The fourth-order valence-corrected chi connectivity index (χ4v) is 5.38. The third-order valence-electron chi connectivity index (χ3n) is 5.88. The molecule has 1 amide bonds. The summed E-state index contributed by atoms with van der Waals surface area (Å²) in [5.41, 5.74) is 5.88. The van der Waals surface area contributed by atoms with Crippen LogP contribution in [0.3, 0.4) is 0 Å². The van der Waals surface area contributed by atoms with Crippen LogP contribution in [0.5, 0.6) is 0 Å². The van der Waals surface area contributed by atoms with Crippen molar-refractivity contribution < 1.29 is 13.2 Å². The number of aryl methyl sites for hydroxylation is 1. The Kier molecular flexibility index (Phi) is 8.48. The van der Waals surface area contributed by atoms with E-state index < -0.39 is 15.9 Å². The summed E-state index contributed by atoms with van der Waals surface area (Å²) in [4.78, 5) is 13.4. The van der Waals surface area contributed by atoms with Gasteiger partial charge in [-0.3, -0.25) is 9.10 Å². The lowest BCUT2D eigenvalue weighted by Crippen LogP contribution is -2.33. The number of para-hydroxylation sites is 1. The van der Waals surface area contributed by atoms with Crippen molar-refractivity contribution in [3.05, 3.63) is 132 Å². The Labute approximate surface area is 218 Å². The second kappa shape index (κ2) is 12.1. The molecule has 0 aliphatic heterocycles. The van der Waals surface area contributed by atoms with E-state index in [0.717, 1.165) is 17.7 Å². The molecule has 0 aromatic heterocycles. The summed E-state index contributed by atoms with van der Waals surface area (Å²) in [6, 6.07) is 34.3. The summed E-state index contributed by atoms with van der Waals surface area (Å²) in [7, 11) is -3.96. The summed E-state index contributed by atoms with van der Waals surface area (Å²) >= 11 is 0. The molecule has 0 fully saturated rings. The molecule has 0 bridgehead atoms. The molecule has 0 radical (unpaired) electrons. The number of sulfonamides is 1. The Bertz CT molecular complexity index is 1460. The molecule has 4 rings (SSSR count). The second-order valence-corrected chi connectivity index (χ2v) is 10.5. The van der Waals surface area contributed by atoms with Gasteiger partial charge in [0, 0.05) is 5.71 Å². The summed E-state index contributed by atoms with van der Waals surface area (Å²) < 4.78 is 28.8. The molecule has 1 N–H and O–H groups in total. The van der Waals surface area contributed by atoms with Crippen LogP contribution in [-0.2, 0) is 23.0 Å². The summed E-state index contributed by atoms with van der Waals surface area (Å²) in [5.74, 6) is -0.476. The molecule has 0 aliphatic rings. The van der Waals surface area contributed by atoms with E-state index in [9.17, 15) is 13.2 Å². The van der Waals surface area contributed by atoms with Crippen molar-refractivity contribution in [1.29, 1.82) is 0 Å². The number of carbonyl (C=O) groups is 1. The van der Waals surface area contributed by atoms with Crippen LogP contribution in [0.15, 0.2) is 125 Å². The fourth-order valence-electron chi connectivity index (χ4n) is 3.88. The van der Waals surface area contributed by atoms with Crippen molar-refractivity contribution in [3.8, 4) is 0 Å². The first-order valence-electron chi connectivity index (χ1n) is 12.0. The van der Waals surface area contributed by atoms with Crippen molar-refractivity contribution in [3.63, 3.8) is 0 Å². The normalized spacial score (nSPS) is 11.6. The Morgan fingerprint density at radius 1 is 0.757 bits per heavy atom. The Hall–Kier alpha value is -4.23. The number of anilines is 1. The highest BCUT2D eigenvalue weighted by atomic mass is 32.2. The van der Waals surface area contributed by atoms with Crippen LogP contribution in [0.2, 0.25) is 0 Å². The highest BCUT2D eigenvalue weighted by Crippen LogP contribution is 2.29. The zero-order valence-electron chi connectivity index (χ0n) is 20.6. The number of hydrazone groups is 1. The van der Waals surface area contributed by atoms with Crippen molar-refractivity contribution in [1.82, 2.24) is 5.43 Å².